The minimum atomic E-state index is -6.44. The predicted molar refractivity (Wildman–Crippen MR) is 73.5 cm³/mol. The van der Waals surface area contributed by atoms with Gasteiger partial charge in [0.25, 0.3) is 0 Å². The molecule has 1 N–H and O–H groups in total. The van der Waals surface area contributed by atoms with Crippen LogP contribution in [0.5, 0.6) is 0 Å². The molecule has 150 valence electrons. The molecule has 0 saturated carbocycles. The molecule has 1 unspecified atom stereocenters. The van der Waals surface area contributed by atoms with Crippen LogP contribution in [0, 0.1) is 0 Å². The van der Waals surface area contributed by atoms with Crippen molar-refractivity contribution in [3.05, 3.63) is 24.8 Å². The average Bonchev–Trinajstić information content (AvgIpc) is 2.46. The second kappa shape index (κ2) is 8.09. The van der Waals surface area contributed by atoms with Crippen molar-refractivity contribution in [3.8, 4) is 0 Å². The Hall–Kier alpha value is -2.06. The lowest BCUT2D eigenvalue weighted by Gasteiger charge is -2.34. The lowest BCUT2D eigenvalue weighted by atomic mass is 10.2. The van der Waals surface area contributed by atoms with Gasteiger partial charge < -0.3 is 19.3 Å². The lowest BCUT2D eigenvalue weighted by molar-refractivity contribution is -0.352. The number of carbonyl (C=O) groups excluding carboxylic acids is 2. The number of halogens is 5. The van der Waals surface area contributed by atoms with E-state index in [1.807, 2.05) is 0 Å². The first-order valence-electron chi connectivity index (χ1n) is 6.34. The molecule has 14 heteroatoms. The number of amides is 1. The Balaban J connectivity index is 6.10. The topological polar surface area (TPSA) is 122 Å². The first-order chi connectivity index (χ1) is 11.5. The van der Waals surface area contributed by atoms with Crippen molar-refractivity contribution in [1.29, 1.82) is 0 Å². The van der Waals surface area contributed by atoms with E-state index in [9.17, 15) is 44.5 Å². The standard InChI is InChI=1S/C12H14F5NO7S/c1-4-5-18-9(20)11(12(15,16)17,25-8(19)7(2)3)24-6-10(13,14)26(21,22)23/h4H,1-2,5-6H2,3H3,(H,18,20)(H,21,22,23)/p-1. The lowest BCUT2D eigenvalue weighted by Crippen LogP contribution is -2.62. The molecule has 0 fully saturated rings. The third kappa shape index (κ3) is 5.47. The van der Waals surface area contributed by atoms with Crippen LogP contribution in [0.4, 0.5) is 22.0 Å². The molecule has 0 aliphatic heterocycles. The van der Waals surface area contributed by atoms with Crippen molar-refractivity contribution < 1.29 is 54.0 Å². The van der Waals surface area contributed by atoms with Crippen molar-refractivity contribution in [3.63, 3.8) is 0 Å². The molecule has 0 rings (SSSR count). The minimum absolute atomic E-state index is 0.624. The summed E-state index contributed by atoms with van der Waals surface area (Å²) in [6.07, 6.45) is -5.04. The van der Waals surface area contributed by atoms with Gasteiger partial charge in [-0.1, -0.05) is 12.7 Å². The Morgan fingerprint density at radius 1 is 1.23 bits per heavy atom. The van der Waals surface area contributed by atoms with E-state index in [1.54, 1.807) is 0 Å². The Morgan fingerprint density at radius 2 is 1.73 bits per heavy atom. The molecular weight excluding hydrogens is 397 g/mol. The number of nitrogens with one attached hydrogen (secondary N) is 1. The number of rotatable bonds is 9. The van der Waals surface area contributed by atoms with Crippen LogP contribution in [0.3, 0.4) is 0 Å². The molecule has 0 aromatic carbocycles. The second-order valence-electron chi connectivity index (χ2n) is 4.66. The van der Waals surface area contributed by atoms with E-state index in [0.717, 1.165) is 13.0 Å². The van der Waals surface area contributed by atoms with E-state index in [1.165, 1.54) is 5.32 Å². The van der Waals surface area contributed by atoms with Crippen molar-refractivity contribution in [1.82, 2.24) is 5.32 Å². The van der Waals surface area contributed by atoms with Gasteiger partial charge in [-0.15, -0.1) is 6.58 Å². The first kappa shape index (κ1) is 23.9. The number of alkyl halides is 5. The maximum absolute atomic E-state index is 13.4. The molecule has 0 aromatic rings. The van der Waals surface area contributed by atoms with E-state index < -0.39 is 57.9 Å². The molecule has 1 atom stereocenters. The Bertz CT molecular complexity index is 689. The fourth-order valence-corrected chi connectivity index (χ4v) is 1.37. The van der Waals surface area contributed by atoms with Gasteiger partial charge in [0.1, 0.15) is 6.61 Å². The summed E-state index contributed by atoms with van der Waals surface area (Å²) < 4.78 is 105. The highest BCUT2D eigenvalue weighted by atomic mass is 32.2. The summed E-state index contributed by atoms with van der Waals surface area (Å²) in [6.45, 7) is 3.57. The first-order valence-corrected chi connectivity index (χ1v) is 7.74. The van der Waals surface area contributed by atoms with Crippen LogP contribution in [0.1, 0.15) is 6.92 Å². The number of hydrogen-bond donors (Lipinski definition) is 1. The molecule has 26 heavy (non-hydrogen) atoms. The summed E-state index contributed by atoms with van der Waals surface area (Å²) in [4.78, 5) is 23.2. The Morgan fingerprint density at radius 3 is 2.08 bits per heavy atom. The minimum Gasteiger partial charge on any atom is -0.743 e. The van der Waals surface area contributed by atoms with Gasteiger partial charge >= 0.3 is 29.1 Å². The van der Waals surface area contributed by atoms with Gasteiger partial charge in [-0.2, -0.15) is 22.0 Å². The van der Waals surface area contributed by atoms with Crippen LogP contribution in [-0.2, 0) is 29.2 Å². The summed E-state index contributed by atoms with van der Waals surface area (Å²) in [7, 11) is -6.44. The second-order valence-corrected chi connectivity index (χ2v) is 6.17. The van der Waals surface area contributed by atoms with Gasteiger partial charge in [0, 0.05) is 12.1 Å². The maximum Gasteiger partial charge on any atom is 0.466 e. The molecule has 0 spiro atoms. The molecular formula is C12H13F5NO7S-. The highest BCUT2D eigenvalue weighted by Gasteiger charge is 2.67. The summed E-state index contributed by atoms with van der Waals surface area (Å²) in [5.41, 5.74) is -0.665. The summed E-state index contributed by atoms with van der Waals surface area (Å²) in [5.74, 6) is -8.79. The quantitative estimate of drug-likeness (QED) is 0.149. The highest BCUT2D eigenvalue weighted by molar-refractivity contribution is 7.86. The number of esters is 1. The van der Waals surface area contributed by atoms with Crippen molar-refractivity contribution in [2.24, 2.45) is 0 Å². The third-order valence-electron chi connectivity index (χ3n) is 2.47. The zero-order valence-electron chi connectivity index (χ0n) is 13.1. The fraction of sp³-hybridized carbons (Fsp3) is 0.500. The number of ether oxygens (including phenoxy) is 2. The van der Waals surface area contributed by atoms with Crippen LogP contribution < -0.4 is 5.32 Å². The fourth-order valence-electron chi connectivity index (χ4n) is 1.17. The maximum atomic E-state index is 13.4. The monoisotopic (exact) mass is 410 g/mol. The van der Waals surface area contributed by atoms with Gasteiger partial charge in [0.15, 0.2) is 10.1 Å². The van der Waals surface area contributed by atoms with Crippen LogP contribution in [-0.4, -0.2) is 55.2 Å². The Labute approximate surface area is 144 Å². The van der Waals surface area contributed by atoms with E-state index in [0.29, 0.717) is 0 Å². The molecule has 0 bridgehead atoms. The highest BCUT2D eigenvalue weighted by Crippen LogP contribution is 2.37. The van der Waals surface area contributed by atoms with Gasteiger partial charge in [0.2, 0.25) is 0 Å². The van der Waals surface area contributed by atoms with E-state index in [4.69, 9.17) is 0 Å². The summed E-state index contributed by atoms with van der Waals surface area (Å²) >= 11 is 0. The predicted octanol–water partition coefficient (Wildman–Crippen LogP) is 0.821. The molecule has 0 aromatic heterocycles. The molecule has 0 aliphatic rings. The van der Waals surface area contributed by atoms with Crippen molar-refractivity contribution >= 4 is 22.0 Å². The zero-order chi connectivity index (χ0) is 21.0. The summed E-state index contributed by atoms with van der Waals surface area (Å²) in [5, 5.41) is -3.83. The van der Waals surface area contributed by atoms with E-state index in [-0.39, 0.29) is 0 Å². The molecule has 0 saturated heterocycles. The van der Waals surface area contributed by atoms with Crippen molar-refractivity contribution in [2.45, 2.75) is 24.1 Å². The van der Waals surface area contributed by atoms with Gasteiger partial charge in [-0.05, 0) is 6.92 Å². The van der Waals surface area contributed by atoms with Crippen LogP contribution in [0.25, 0.3) is 0 Å². The van der Waals surface area contributed by atoms with Crippen LogP contribution in [0.15, 0.2) is 24.8 Å². The van der Waals surface area contributed by atoms with Gasteiger partial charge in [-0.25, -0.2) is 13.2 Å². The number of carbonyl (C=O) groups is 2. The smallest absolute Gasteiger partial charge is 0.466 e. The molecule has 8 nitrogen and oxygen atoms in total. The molecule has 0 heterocycles. The Kier molecular flexibility index (Phi) is 7.45. The van der Waals surface area contributed by atoms with E-state index in [2.05, 4.69) is 22.6 Å². The van der Waals surface area contributed by atoms with E-state index >= 15 is 0 Å². The van der Waals surface area contributed by atoms with Crippen LogP contribution in [0.2, 0.25) is 0 Å². The SMILES string of the molecule is C=CCNC(=O)C(OCC(F)(F)S(=O)(=O)[O-])(OC(=O)C(=C)C)C(F)(F)F. The van der Waals surface area contributed by atoms with Gasteiger partial charge in [-0.3, -0.25) is 4.79 Å². The molecule has 0 aliphatic carbocycles. The largest absolute Gasteiger partial charge is 0.743 e. The average molecular weight is 410 g/mol. The van der Waals surface area contributed by atoms with Gasteiger partial charge in [0.05, 0.1) is 0 Å². The third-order valence-corrected chi connectivity index (χ3v) is 3.32. The normalized spacial score (nSPS) is 14.9. The van der Waals surface area contributed by atoms with Crippen LogP contribution >= 0.6 is 0 Å². The molecule has 0 radical (unpaired) electrons. The number of hydrogen-bond acceptors (Lipinski definition) is 7. The van der Waals surface area contributed by atoms with Crippen molar-refractivity contribution in [2.75, 3.05) is 13.2 Å². The zero-order valence-corrected chi connectivity index (χ0v) is 13.9. The summed E-state index contributed by atoms with van der Waals surface area (Å²) in [6, 6.07) is 0. The molecule has 1 amide bonds.